The van der Waals surface area contributed by atoms with Gasteiger partial charge in [0.2, 0.25) is 10.0 Å². The van der Waals surface area contributed by atoms with E-state index in [0.29, 0.717) is 17.7 Å². The summed E-state index contributed by atoms with van der Waals surface area (Å²) in [6.45, 7) is 7.91. The van der Waals surface area contributed by atoms with Crippen LogP contribution in [-0.4, -0.2) is 25.3 Å². The zero-order valence-electron chi connectivity index (χ0n) is 11.8. The molecule has 5 heteroatoms. The molecule has 0 saturated heterocycles. The van der Waals surface area contributed by atoms with Crippen LogP contribution in [0.2, 0.25) is 0 Å². The van der Waals surface area contributed by atoms with Crippen molar-refractivity contribution in [3.63, 3.8) is 0 Å². The molecule has 0 fully saturated rings. The summed E-state index contributed by atoms with van der Waals surface area (Å²) in [5.41, 5.74) is 1.09. The summed E-state index contributed by atoms with van der Waals surface area (Å²) in [5.74, 6) is 0. The minimum absolute atomic E-state index is 0.0833. The molecule has 19 heavy (non-hydrogen) atoms. The minimum atomic E-state index is -3.49. The normalized spacial score (nSPS) is 11.8. The van der Waals surface area contributed by atoms with Crippen molar-refractivity contribution in [3.8, 4) is 6.07 Å². The van der Waals surface area contributed by atoms with Gasteiger partial charge in [-0.3, -0.25) is 0 Å². The first kappa shape index (κ1) is 15.7. The third kappa shape index (κ3) is 3.34. The van der Waals surface area contributed by atoms with E-state index in [2.05, 4.69) is 0 Å². The highest BCUT2D eigenvalue weighted by Crippen LogP contribution is 2.22. The summed E-state index contributed by atoms with van der Waals surface area (Å²) in [5, 5.41) is 8.83. The molecule has 1 aromatic rings. The lowest BCUT2D eigenvalue weighted by Gasteiger charge is -2.26. The Morgan fingerprint density at radius 1 is 1.37 bits per heavy atom. The Morgan fingerprint density at radius 3 is 2.42 bits per heavy atom. The van der Waals surface area contributed by atoms with Crippen LogP contribution < -0.4 is 0 Å². The van der Waals surface area contributed by atoms with Gasteiger partial charge in [0.1, 0.15) is 0 Å². The zero-order valence-corrected chi connectivity index (χ0v) is 12.7. The highest BCUT2D eigenvalue weighted by Gasteiger charge is 2.27. The van der Waals surface area contributed by atoms with Gasteiger partial charge in [0.25, 0.3) is 0 Å². The molecule has 0 aliphatic carbocycles. The average molecular weight is 280 g/mol. The van der Waals surface area contributed by atoms with E-state index in [4.69, 9.17) is 5.26 Å². The quantitative estimate of drug-likeness (QED) is 0.833. The predicted octanol–water partition coefficient (Wildman–Crippen LogP) is 2.68. The van der Waals surface area contributed by atoms with Gasteiger partial charge in [-0.25, -0.2) is 8.42 Å². The van der Waals surface area contributed by atoms with Crippen LogP contribution in [0.4, 0.5) is 0 Å². The fourth-order valence-corrected chi connectivity index (χ4v) is 3.95. The molecule has 104 valence electrons. The van der Waals surface area contributed by atoms with Gasteiger partial charge >= 0.3 is 0 Å². The van der Waals surface area contributed by atoms with Crippen molar-refractivity contribution in [2.75, 3.05) is 6.54 Å². The van der Waals surface area contributed by atoms with Gasteiger partial charge in [0.05, 0.1) is 16.5 Å². The van der Waals surface area contributed by atoms with E-state index in [1.165, 1.54) is 10.4 Å². The molecule has 0 bridgehead atoms. The molecule has 0 N–H and O–H groups in total. The van der Waals surface area contributed by atoms with Gasteiger partial charge in [0.15, 0.2) is 0 Å². The summed E-state index contributed by atoms with van der Waals surface area (Å²) < 4.78 is 26.8. The molecule has 0 radical (unpaired) electrons. The Kier molecular flexibility index (Phi) is 5.10. The highest BCUT2D eigenvalue weighted by molar-refractivity contribution is 7.89. The average Bonchev–Trinajstić information content (AvgIpc) is 2.34. The molecule has 0 atom stereocenters. The topological polar surface area (TPSA) is 61.2 Å². The third-order valence-corrected chi connectivity index (χ3v) is 5.15. The van der Waals surface area contributed by atoms with Crippen molar-refractivity contribution in [2.24, 2.45) is 0 Å². The molecule has 0 amide bonds. The first-order valence-electron chi connectivity index (χ1n) is 6.37. The van der Waals surface area contributed by atoms with Crippen molar-refractivity contribution >= 4 is 10.0 Å². The fourth-order valence-electron chi connectivity index (χ4n) is 2.01. The van der Waals surface area contributed by atoms with Crippen molar-refractivity contribution < 1.29 is 8.42 Å². The number of hydrogen-bond donors (Lipinski definition) is 0. The second-order valence-electron chi connectivity index (χ2n) is 4.80. The molecule has 1 aromatic carbocycles. The Morgan fingerprint density at radius 2 is 2.00 bits per heavy atom. The molecular weight excluding hydrogens is 260 g/mol. The Labute approximate surface area is 115 Å². The lowest BCUT2D eigenvalue weighted by Crippen LogP contribution is -2.37. The summed E-state index contributed by atoms with van der Waals surface area (Å²) in [7, 11) is -3.49. The second-order valence-corrected chi connectivity index (χ2v) is 6.66. The van der Waals surface area contributed by atoms with Gasteiger partial charge < -0.3 is 0 Å². The van der Waals surface area contributed by atoms with Crippen molar-refractivity contribution in [1.29, 1.82) is 5.26 Å². The largest absolute Gasteiger partial charge is 0.243 e. The van der Waals surface area contributed by atoms with Crippen molar-refractivity contribution in [1.82, 2.24) is 4.31 Å². The van der Waals surface area contributed by atoms with Crippen LogP contribution in [0.1, 0.15) is 38.3 Å². The SMILES string of the molecule is CCCN(C(C)C)S(=O)(=O)c1ccc(C#N)cc1C. The summed E-state index contributed by atoms with van der Waals surface area (Å²) in [4.78, 5) is 0.286. The maximum Gasteiger partial charge on any atom is 0.243 e. The lowest BCUT2D eigenvalue weighted by atomic mass is 10.2. The van der Waals surface area contributed by atoms with E-state index >= 15 is 0 Å². The maximum absolute atomic E-state index is 12.6. The Bertz CT molecular complexity index is 586. The van der Waals surface area contributed by atoms with E-state index in [1.54, 1.807) is 19.1 Å². The molecule has 0 aromatic heterocycles. The number of aryl methyl sites for hydroxylation is 1. The Hall–Kier alpha value is -1.38. The van der Waals surface area contributed by atoms with E-state index in [-0.39, 0.29) is 10.9 Å². The van der Waals surface area contributed by atoms with Crippen LogP contribution in [0.5, 0.6) is 0 Å². The van der Waals surface area contributed by atoms with E-state index < -0.39 is 10.0 Å². The van der Waals surface area contributed by atoms with Crippen LogP contribution in [0.25, 0.3) is 0 Å². The first-order valence-corrected chi connectivity index (χ1v) is 7.81. The third-order valence-electron chi connectivity index (χ3n) is 2.91. The van der Waals surface area contributed by atoms with Gasteiger partial charge in [-0.05, 0) is 51.0 Å². The van der Waals surface area contributed by atoms with E-state index in [0.717, 1.165) is 6.42 Å². The number of nitrogens with zero attached hydrogens (tertiary/aromatic N) is 2. The van der Waals surface area contributed by atoms with Gasteiger partial charge in [-0.15, -0.1) is 0 Å². The molecule has 1 rings (SSSR count). The van der Waals surface area contributed by atoms with Gasteiger partial charge in [0, 0.05) is 12.6 Å². The number of sulfonamides is 1. The molecule has 0 heterocycles. The number of hydrogen-bond acceptors (Lipinski definition) is 3. The van der Waals surface area contributed by atoms with Crippen LogP contribution in [0, 0.1) is 18.3 Å². The number of benzene rings is 1. The van der Waals surface area contributed by atoms with Crippen molar-refractivity contribution in [3.05, 3.63) is 29.3 Å². The smallest absolute Gasteiger partial charge is 0.207 e. The van der Waals surface area contributed by atoms with Gasteiger partial charge in [-0.1, -0.05) is 6.92 Å². The number of rotatable bonds is 5. The molecule has 4 nitrogen and oxygen atoms in total. The first-order chi connectivity index (χ1) is 8.84. The molecular formula is C14H20N2O2S. The summed E-state index contributed by atoms with van der Waals surface area (Å²) in [6, 6.07) is 6.61. The minimum Gasteiger partial charge on any atom is -0.207 e. The standard InChI is InChI=1S/C14H20N2O2S/c1-5-8-16(11(2)3)19(17,18)14-7-6-13(10-15)9-12(14)4/h6-7,9,11H,5,8H2,1-4H3. The lowest BCUT2D eigenvalue weighted by molar-refractivity contribution is 0.354. The second kappa shape index (κ2) is 6.18. The summed E-state index contributed by atoms with van der Waals surface area (Å²) in [6.07, 6.45) is 0.771. The van der Waals surface area contributed by atoms with E-state index in [1.807, 2.05) is 26.8 Å². The fraction of sp³-hybridized carbons (Fsp3) is 0.500. The highest BCUT2D eigenvalue weighted by atomic mass is 32.2. The van der Waals surface area contributed by atoms with Crippen molar-refractivity contribution in [2.45, 2.75) is 45.1 Å². The zero-order chi connectivity index (χ0) is 14.6. The Balaban J connectivity index is 3.30. The molecule has 0 spiro atoms. The summed E-state index contributed by atoms with van der Waals surface area (Å²) >= 11 is 0. The molecule has 0 saturated carbocycles. The molecule has 0 unspecified atom stereocenters. The molecule has 0 aliphatic heterocycles. The van der Waals surface area contributed by atoms with Crippen LogP contribution in [0.15, 0.2) is 23.1 Å². The van der Waals surface area contributed by atoms with Crippen LogP contribution >= 0.6 is 0 Å². The maximum atomic E-state index is 12.6. The van der Waals surface area contributed by atoms with Crippen LogP contribution in [0.3, 0.4) is 0 Å². The van der Waals surface area contributed by atoms with E-state index in [9.17, 15) is 8.42 Å². The van der Waals surface area contributed by atoms with Gasteiger partial charge in [-0.2, -0.15) is 9.57 Å². The number of nitriles is 1. The monoisotopic (exact) mass is 280 g/mol. The predicted molar refractivity (Wildman–Crippen MR) is 75.2 cm³/mol. The molecule has 0 aliphatic rings. The van der Waals surface area contributed by atoms with Crippen LogP contribution in [-0.2, 0) is 10.0 Å².